The van der Waals surface area contributed by atoms with Crippen LogP contribution in [0, 0.1) is 5.92 Å². The zero-order valence-corrected chi connectivity index (χ0v) is 13.3. The van der Waals surface area contributed by atoms with E-state index in [0.29, 0.717) is 6.04 Å². The quantitative estimate of drug-likeness (QED) is 0.798. The Morgan fingerprint density at radius 3 is 2.43 bits per heavy atom. The maximum Gasteiger partial charge on any atom is 0.223 e. The van der Waals surface area contributed by atoms with Crippen LogP contribution in [0.1, 0.15) is 38.7 Å². The van der Waals surface area contributed by atoms with Crippen molar-refractivity contribution in [2.75, 3.05) is 19.6 Å². The van der Waals surface area contributed by atoms with E-state index in [1.165, 1.54) is 12.0 Å². The number of carbonyl (C=O) groups is 1. The molecule has 1 aliphatic rings. The molecule has 2 rings (SSSR count). The maximum absolute atomic E-state index is 12.1. The molecule has 1 N–H and O–H groups in total. The molecule has 1 fully saturated rings. The fourth-order valence-electron chi connectivity index (χ4n) is 2.99. The van der Waals surface area contributed by atoms with Crippen LogP contribution >= 0.6 is 0 Å². The van der Waals surface area contributed by atoms with Crippen LogP contribution < -0.4 is 5.32 Å². The summed E-state index contributed by atoms with van der Waals surface area (Å²) in [5.41, 5.74) is 1.34. The van der Waals surface area contributed by atoms with Crippen LogP contribution in [0.5, 0.6) is 0 Å². The maximum atomic E-state index is 12.1. The van der Waals surface area contributed by atoms with Gasteiger partial charge in [0.2, 0.25) is 5.91 Å². The highest BCUT2D eigenvalue weighted by Crippen LogP contribution is 2.26. The van der Waals surface area contributed by atoms with Crippen molar-refractivity contribution >= 4 is 5.91 Å². The first kappa shape index (κ1) is 16.0. The third-order valence-corrected chi connectivity index (χ3v) is 4.63. The second kappa shape index (κ2) is 8.18. The average Bonchev–Trinajstić information content (AvgIpc) is 2.45. The first-order chi connectivity index (χ1) is 10.2. The monoisotopic (exact) mass is 288 g/mol. The van der Waals surface area contributed by atoms with Crippen LogP contribution in [0.25, 0.3) is 0 Å². The SMILES string of the molecule is CCN(CC)C(CNC(=O)C1CCC1)Cc1ccccc1. The Balaban J connectivity index is 1.92. The fraction of sp³-hybridized carbons (Fsp3) is 0.611. The molecule has 0 bridgehead atoms. The largest absolute Gasteiger partial charge is 0.354 e. The van der Waals surface area contributed by atoms with Crippen molar-refractivity contribution < 1.29 is 4.79 Å². The lowest BCUT2D eigenvalue weighted by Gasteiger charge is -2.31. The lowest BCUT2D eigenvalue weighted by atomic mass is 9.85. The smallest absolute Gasteiger partial charge is 0.223 e. The van der Waals surface area contributed by atoms with Gasteiger partial charge in [-0.15, -0.1) is 0 Å². The molecule has 0 aliphatic heterocycles. The van der Waals surface area contributed by atoms with Gasteiger partial charge in [-0.2, -0.15) is 0 Å². The fourth-order valence-corrected chi connectivity index (χ4v) is 2.99. The number of benzene rings is 1. The molecule has 21 heavy (non-hydrogen) atoms. The number of hydrogen-bond acceptors (Lipinski definition) is 2. The average molecular weight is 288 g/mol. The summed E-state index contributed by atoms with van der Waals surface area (Å²) >= 11 is 0. The van der Waals surface area contributed by atoms with Gasteiger partial charge in [-0.1, -0.05) is 50.6 Å². The number of nitrogens with one attached hydrogen (secondary N) is 1. The number of likely N-dealkylation sites (N-methyl/N-ethyl adjacent to an activating group) is 1. The second-order valence-electron chi connectivity index (χ2n) is 5.94. The zero-order valence-electron chi connectivity index (χ0n) is 13.3. The van der Waals surface area contributed by atoms with Gasteiger partial charge in [0.1, 0.15) is 0 Å². The Kier molecular flexibility index (Phi) is 6.24. The molecule has 3 heteroatoms. The zero-order chi connectivity index (χ0) is 15.1. The minimum absolute atomic E-state index is 0.256. The van der Waals surface area contributed by atoms with E-state index in [9.17, 15) is 4.79 Å². The number of hydrogen-bond donors (Lipinski definition) is 1. The summed E-state index contributed by atoms with van der Waals surface area (Å²) in [6.07, 6.45) is 4.34. The summed E-state index contributed by atoms with van der Waals surface area (Å²) in [4.78, 5) is 14.5. The van der Waals surface area contributed by atoms with E-state index < -0.39 is 0 Å². The van der Waals surface area contributed by atoms with E-state index in [0.717, 1.165) is 38.9 Å². The van der Waals surface area contributed by atoms with E-state index in [1.54, 1.807) is 0 Å². The minimum Gasteiger partial charge on any atom is -0.354 e. The van der Waals surface area contributed by atoms with Gasteiger partial charge in [0.25, 0.3) is 0 Å². The summed E-state index contributed by atoms with van der Waals surface area (Å²) in [5.74, 6) is 0.533. The third kappa shape index (κ3) is 4.57. The van der Waals surface area contributed by atoms with E-state index >= 15 is 0 Å². The molecule has 1 aromatic carbocycles. The minimum atomic E-state index is 0.256. The number of carbonyl (C=O) groups excluding carboxylic acids is 1. The molecule has 1 saturated carbocycles. The molecule has 1 atom stereocenters. The van der Waals surface area contributed by atoms with Crippen LogP contribution in [-0.2, 0) is 11.2 Å². The topological polar surface area (TPSA) is 32.3 Å². The first-order valence-electron chi connectivity index (χ1n) is 8.30. The van der Waals surface area contributed by atoms with Crippen molar-refractivity contribution in [2.45, 2.75) is 45.6 Å². The van der Waals surface area contributed by atoms with E-state index in [1.807, 2.05) is 6.07 Å². The van der Waals surface area contributed by atoms with Gasteiger partial charge in [0.05, 0.1) is 0 Å². The Labute approximate surface area is 128 Å². The molecule has 1 aliphatic carbocycles. The van der Waals surface area contributed by atoms with Crippen molar-refractivity contribution in [3.63, 3.8) is 0 Å². The summed E-state index contributed by atoms with van der Waals surface area (Å²) in [6.45, 7) is 7.18. The summed E-state index contributed by atoms with van der Waals surface area (Å²) < 4.78 is 0. The highest BCUT2D eigenvalue weighted by atomic mass is 16.1. The summed E-state index contributed by atoms with van der Waals surface area (Å²) in [6, 6.07) is 10.9. The molecule has 1 amide bonds. The van der Waals surface area contributed by atoms with Crippen molar-refractivity contribution in [3.8, 4) is 0 Å². The lowest BCUT2D eigenvalue weighted by Crippen LogP contribution is -2.47. The molecule has 0 aromatic heterocycles. The normalized spacial score (nSPS) is 16.5. The first-order valence-corrected chi connectivity index (χ1v) is 8.30. The molecule has 1 aromatic rings. The van der Waals surface area contributed by atoms with Crippen LogP contribution in [0.3, 0.4) is 0 Å². The predicted molar refractivity (Wildman–Crippen MR) is 87.2 cm³/mol. The van der Waals surface area contributed by atoms with Gasteiger partial charge in [0, 0.05) is 18.5 Å². The molecule has 1 unspecified atom stereocenters. The van der Waals surface area contributed by atoms with Gasteiger partial charge >= 0.3 is 0 Å². The van der Waals surface area contributed by atoms with Crippen molar-refractivity contribution in [1.29, 1.82) is 0 Å². The summed E-state index contributed by atoms with van der Waals surface area (Å²) in [7, 11) is 0. The lowest BCUT2D eigenvalue weighted by molar-refractivity contribution is -0.127. The number of nitrogens with zero attached hydrogens (tertiary/aromatic N) is 1. The van der Waals surface area contributed by atoms with Crippen molar-refractivity contribution in [1.82, 2.24) is 10.2 Å². The highest BCUT2D eigenvalue weighted by molar-refractivity contribution is 5.79. The third-order valence-electron chi connectivity index (χ3n) is 4.63. The van der Waals surface area contributed by atoms with Gasteiger partial charge < -0.3 is 5.32 Å². The summed E-state index contributed by atoms with van der Waals surface area (Å²) in [5, 5.41) is 3.17. The second-order valence-corrected chi connectivity index (χ2v) is 5.94. The van der Waals surface area contributed by atoms with Crippen molar-refractivity contribution in [2.24, 2.45) is 5.92 Å². The molecule has 116 valence electrons. The van der Waals surface area contributed by atoms with Crippen LogP contribution in [0.2, 0.25) is 0 Å². The van der Waals surface area contributed by atoms with Gasteiger partial charge in [-0.25, -0.2) is 0 Å². The Bertz CT molecular complexity index is 424. The number of amides is 1. The molecule has 3 nitrogen and oxygen atoms in total. The Morgan fingerprint density at radius 1 is 1.24 bits per heavy atom. The number of rotatable bonds is 8. The van der Waals surface area contributed by atoms with Crippen LogP contribution in [0.15, 0.2) is 30.3 Å². The van der Waals surface area contributed by atoms with E-state index in [4.69, 9.17) is 0 Å². The predicted octanol–water partition coefficient (Wildman–Crippen LogP) is 2.86. The molecule has 0 spiro atoms. The standard InChI is InChI=1S/C18H28N2O/c1-3-20(4-2)17(13-15-9-6-5-7-10-15)14-19-18(21)16-11-8-12-16/h5-7,9-10,16-17H,3-4,8,11-14H2,1-2H3,(H,19,21). The molecule has 0 heterocycles. The van der Waals surface area contributed by atoms with E-state index in [-0.39, 0.29) is 11.8 Å². The van der Waals surface area contributed by atoms with Crippen molar-refractivity contribution in [3.05, 3.63) is 35.9 Å². The van der Waals surface area contributed by atoms with Gasteiger partial charge in [0.15, 0.2) is 0 Å². The molecular formula is C18H28N2O. The van der Waals surface area contributed by atoms with Crippen LogP contribution in [-0.4, -0.2) is 36.5 Å². The molecule has 0 radical (unpaired) electrons. The molecule has 0 saturated heterocycles. The Morgan fingerprint density at radius 2 is 1.90 bits per heavy atom. The van der Waals surface area contributed by atoms with Gasteiger partial charge in [-0.3, -0.25) is 9.69 Å². The van der Waals surface area contributed by atoms with E-state index in [2.05, 4.69) is 48.3 Å². The Hall–Kier alpha value is -1.35. The van der Waals surface area contributed by atoms with Gasteiger partial charge in [-0.05, 0) is 37.9 Å². The highest BCUT2D eigenvalue weighted by Gasteiger charge is 2.26. The molecular weight excluding hydrogens is 260 g/mol. The van der Waals surface area contributed by atoms with Crippen LogP contribution in [0.4, 0.5) is 0 Å².